The molecule has 0 radical (unpaired) electrons. The summed E-state index contributed by atoms with van der Waals surface area (Å²) in [4.78, 5) is 0. The van der Waals surface area contributed by atoms with Gasteiger partial charge in [0.2, 0.25) is 0 Å². The molecule has 74 valence electrons. The Morgan fingerprint density at radius 1 is 1.62 bits per heavy atom. The highest BCUT2D eigenvalue weighted by Gasteiger charge is 2.31. The van der Waals surface area contributed by atoms with Gasteiger partial charge in [0.1, 0.15) is 11.9 Å². The van der Waals surface area contributed by atoms with Gasteiger partial charge in [0.05, 0.1) is 13.7 Å². The lowest BCUT2D eigenvalue weighted by atomic mass is 10.3. The predicted octanol–water partition coefficient (Wildman–Crippen LogP) is 1.85. The summed E-state index contributed by atoms with van der Waals surface area (Å²) in [6, 6.07) is 0. The summed E-state index contributed by atoms with van der Waals surface area (Å²) in [5.41, 5.74) is 0. The third kappa shape index (κ3) is 2.86. The second-order valence-corrected chi connectivity index (χ2v) is 3.34. The van der Waals surface area contributed by atoms with E-state index in [1.54, 1.807) is 13.2 Å². The van der Waals surface area contributed by atoms with E-state index in [0.717, 1.165) is 0 Å². The maximum atomic E-state index is 5.56. The second kappa shape index (κ2) is 3.94. The molecule has 1 heterocycles. The molecule has 0 spiro atoms. The van der Waals surface area contributed by atoms with Gasteiger partial charge in [-0.2, -0.15) is 0 Å². The highest BCUT2D eigenvalue weighted by molar-refractivity contribution is 5.11. The fourth-order valence-electron chi connectivity index (χ4n) is 1.20. The molecule has 1 unspecified atom stereocenters. The summed E-state index contributed by atoms with van der Waals surface area (Å²) in [6.07, 6.45) is 3.47. The number of hydrogen-bond acceptors (Lipinski definition) is 3. The normalized spacial score (nSPS) is 27.3. The van der Waals surface area contributed by atoms with E-state index in [4.69, 9.17) is 14.2 Å². The molecule has 0 bridgehead atoms. The van der Waals surface area contributed by atoms with Crippen LogP contribution in [0.25, 0.3) is 0 Å². The van der Waals surface area contributed by atoms with Crippen LogP contribution in [0.4, 0.5) is 0 Å². The fourth-order valence-corrected chi connectivity index (χ4v) is 1.20. The first-order chi connectivity index (χ1) is 6.07. The van der Waals surface area contributed by atoms with E-state index < -0.39 is 5.79 Å². The molecule has 0 N–H and O–H groups in total. The average molecular weight is 184 g/mol. The van der Waals surface area contributed by atoms with Gasteiger partial charge in [-0.15, -0.1) is 0 Å². The van der Waals surface area contributed by atoms with Gasteiger partial charge in [0.15, 0.2) is 5.79 Å². The van der Waals surface area contributed by atoms with Crippen molar-refractivity contribution in [3.63, 3.8) is 0 Å². The molecule has 0 saturated carbocycles. The highest BCUT2D eigenvalue weighted by Crippen LogP contribution is 2.23. The Labute approximate surface area is 79.0 Å². The third-order valence-corrected chi connectivity index (χ3v) is 1.82. The van der Waals surface area contributed by atoms with Crippen LogP contribution in [0.15, 0.2) is 24.5 Å². The lowest BCUT2D eigenvalue weighted by Gasteiger charge is -2.15. The Bertz CT molecular complexity index is 218. The van der Waals surface area contributed by atoms with Gasteiger partial charge in [0.25, 0.3) is 0 Å². The molecule has 0 amide bonds. The second-order valence-electron chi connectivity index (χ2n) is 3.34. The molecule has 0 aliphatic carbocycles. The zero-order valence-electron chi connectivity index (χ0n) is 8.37. The minimum atomic E-state index is -0.485. The first-order valence-corrected chi connectivity index (χ1v) is 4.27. The highest BCUT2D eigenvalue weighted by atomic mass is 16.7. The quantitative estimate of drug-likeness (QED) is 0.495. The number of allylic oxidation sites excluding steroid dienone is 1. The van der Waals surface area contributed by atoms with Crippen LogP contribution >= 0.6 is 0 Å². The molecule has 1 atom stereocenters. The zero-order chi connectivity index (χ0) is 9.90. The summed E-state index contributed by atoms with van der Waals surface area (Å²) in [6.45, 7) is 7.96. The van der Waals surface area contributed by atoms with Crippen LogP contribution in [-0.4, -0.2) is 25.6 Å². The molecule has 0 aromatic carbocycles. The number of rotatable bonds is 3. The molecule has 0 aromatic heterocycles. The topological polar surface area (TPSA) is 27.7 Å². The van der Waals surface area contributed by atoms with E-state index in [-0.39, 0.29) is 6.10 Å². The van der Waals surface area contributed by atoms with Gasteiger partial charge in [-0.1, -0.05) is 6.58 Å². The van der Waals surface area contributed by atoms with Crippen molar-refractivity contribution in [1.82, 2.24) is 0 Å². The van der Waals surface area contributed by atoms with Crippen LogP contribution in [0.3, 0.4) is 0 Å². The minimum Gasteiger partial charge on any atom is -0.497 e. The molecule has 1 aliphatic heterocycles. The Balaban J connectivity index is 2.56. The molecule has 1 saturated heterocycles. The standard InChI is InChI=1S/C10H16O3/c1-5-8(11-4)6-9-7-12-10(2,3)13-9/h5-6,9H,1,7H2,2-4H3/b8-6+. The Kier molecular flexibility index (Phi) is 3.12. The average Bonchev–Trinajstić information content (AvgIpc) is 2.41. The van der Waals surface area contributed by atoms with Crippen molar-refractivity contribution in [1.29, 1.82) is 0 Å². The number of hydrogen-bond donors (Lipinski definition) is 0. The van der Waals surface area contributed by atoms with Crippen LogP contribution in [0, 0.1) is 0 Å². The zero-order valence-corrected chi connectivity index (χ0v) is 8.37. The van der Waals surface area contributed by atoms with Crippen molar-refractivity contribution in [2.75, 3.05) is 13.7 Å². The van der Waals surface area contributed by atoms with Crippen molar-refractivity contribution in [3.05, 3.63) is 24.5 Å². The lowest BCUT2D eigenvalue weighted by Crippen LogP contribution is -2.20. The Morgan fingerprint density at radius 2 is 2.31 bits per heavy atom. The minimum absolute atomic E-state index is 0.0389. The SMILES string of the molecule is C=C/C(=C\C1COC(C)(C)O1)OC. The van der Waals surface area contributed by atoms with Crippen LogP contribution in [0.2, 0.25) is 0 Å². The molecule has 1 aliphatic rings. The van der Waals surface area contributed by atoms with Crippen molar-refractivity contribution in [2.45, 2.75) is 25.7 Å². The van der Waals surface area contributed by atoms with Crippen molar-refractivity contribution < 1.29 is 14.2 Å². The molecule has 3 nitrogen and oxygen atoms in total. The monoisotopic (exact) mass is 184 g/mol. The van der Waals surface area contributed by atoms with Crippen LogP contribution < -0.4 is 0 Å². The van der Waals surface area contributed by atoms with E-state index in [1.807, 2.05) is 19.9 Å². The van der Waals surface area contributed by atoms with Crippen molar-refractivity contribution >= 4 is 0 Å². The van der Waals surface area contributed by atoms with Crippen LogP contribution in [0.1, 0.15) is 13.8 Å². The molecule has 13 heavy (non-hydrogen) atoms. The summed E-state index contributed by atoms with van der Waals surface area (Å²) >= 11 is 0. The van der Waals surface area contributed by atoms with E-state index >= 15 is 0 Å². The summed E-state index contributed by atoms with van der Waals surface area (Å²) in [5.74, 6) is 0.229. The number of methoxy groups -OCH3 is 1. The Hall–Kier alpha value is -0.800. The predicted molar refractivity (Wildman–Crippen MR) is 50.2 cm³/mol. The van der Waals surface area contributed by atoms with Crippen molar-refractivity contribution in [3.8, 4) is 0 Å². The maximum absolute atomic E-state index is 5.56. The molecular weight excluding hydrogens is 168 g/mol. The number of ether oxygens (including phenoxy) is 3. The molecule has 3 heteroatoms. The molecule has 0 aromatic rings. The largest absolute Gasteiger partial charge is 0.497 e. The summed E-state index contributed by atoms with van der Waals surface area (Å²) in [7, 11) is 1.61. The molecule has 1 fully saturated rings. The van der Waals surface area contributed by atoms with Gasteiger partial charge >= 0.3 is 0 Å². The smallest absolute Gasteiger partial charge is 0.163 e. The van der Waals surface area contributed by atoms with E-state index in [2.05, 4.69) is 6.58 Å². The van der Waals surface area contributed by atoms with E-state index in [1.165, 1.54) is 0 Å². The van der Waals surface area contributed by atoms with Gasteiger partial charge in [-0.25, -0.2) is 0 Å². The van der Waals surface area contributed by atoms with Gasteiger partial charge < -0.3 is 14.2 Å². The first-order valence-electron chi connectivity index (χ1n) is 4.27. The van der Waals surface area contributed by atoms with Crippen LogP contribution in [-0.2, 0) is 14.2 Å². The summed E-state index contributed by atoms with van der Waals surface area (Å²) in [5, 5.41) is 0. The maximum Gasteiger partial charge on any atom is 0.163 e. The summed E-state index contributed by atoms with van der Waals surface area (Å²) < 4.78 is 16.0. The van der Waals surface area contributed by atoms with Crippen LogP contribution in [0.5, 0.6) is 0 Å². The first kappa shape index (κ1) is 10.3. The lowest BCUT2D eigenvalue weighted by molar-refractivity contribution is -0.133. The van der Waals surface area contributed by atoms with E-state index in [0.29, 0.717) is 12.4 Å². The third-order valence-electron chi connectivity index (χ3n) is 1.82. The molecule has 1 rings (SSSR count). The fraction of sp³-hybridized carbons (Fsp3) is 0.600. The molecular formula is C10H16O3. The van der Waals surface area contributed by atoms with Crippen molar-refractivity contribution in [2.24, 2.45) is 0 Å². The Morgan fingerprint density at radius 3 is 2.69 bits per heavy atom. The van der Waals surface area contributed by atoms with E-state index in [9.17, 15) is 0 Å². The van der Waals surface area contributed by atoms with Gasteiger partial charge in [-0.3, -0.25) is 0 Å². The van der Waals surface area contributed by atoms with Gasteiger partial charge in [0, 0.05) is 0 Å². The van der Waals surface area contributed by atoms with Gasteiger partial charge in [-0.05, 0) is 26.0 Å².